The summed E-state index contributed by atoms with van der Waals surface area (Å²) in [5, 5.41) is 1.01. The standard InChI is InChI=1S/C9H8N2O2Si/c1-6-8(10-4-12)2-7(14)3-9(6)11-5-13/h2-3H,1,14H3. The summed E-state index contributed by atoms with van der Waals surface area (Å²) in [4.78, 5) is 27.3. The first-order valence-corrected chi connectivity index (χ1v) is 4.96. The summed E-state index contributed by atoms with van der Waals surface area (Å²) >= 11 is 0. The van der Waals surface area contributed by atoms with Crippen LogP contribution in [0.1, 0.15) is 5.56 Å². The number of hydrogen-bond acceptors (Lipinski definition) is 4. The van der Waals surface area contributed by atoms with E-state index in [1.807, 2.05) is 0 Å². The number of isocyanates is 2. The van der Waals surface area contributed by atoms with Gasteiger partial charge in [0, 0.05) is 15.8 Å². The van der Waals surface area contributed by atoms with Crippen molar-refractivity contribution < 1.29 is 9.59 Å². The lowest BCUT2D eigenvalue weighted by molar-refractivity contribution is 0.565. The molecule has 0 aromatic heterocycles. The van der Waals surface area contributed by atoms with Gasteiger partial charge in [-0.3, -0.25) is 0 Å². The first-order chi connectivity index (χ1) is 6.69. The van der Waals surface area contributed by atoms with Gasteiger partial charge in [-0.25, -0.2) is 9.59 Å². The van der Waals surface area contributed by atoms with Crippen LogP contribution in [0.15, 0.2) is 22.1 Å². The fourth-order valence-electron chi connectivity index (χ4n) is 1.15. The maximum absolute atomic E-state index is 10.1. The molecular formula is C9H8N2O2Si. The van der Waals surface area contributed by atoms with Gasteiger partial charge in [0.05, 0.1) is 11.4 Å². The summed E-state index contributed by atoms with van der Waals surface area (Å²) in [6.07, 6.45) is 2.94. The highest BCUT2D eigenvalue weighted by atomic mass is 28.1. The molecule has 0 amide bonds. The Balaban J connectivity index is 3.45. The van der Waals surface area contributed by atoms with E-state index in [2.05, 4.69) is 9.98 Å². The van der Waals surface area contributed by atoms with E-state index in [9.17, 15) is 9.59 Å². The van der Waals surface area contributed by atoms with Crippen molar-refractivity contribution in [1.29, 1.82) is 0 Å². The second kappa shape index (κ2) is 4.44. The van der Waals surface area contributed by atoms with E-state index in [-0.39, 0.29) is 0 Å². The molecule has 0 N–H and O–H groups in total. The fraction of sp³-hybridized carbons (Fsp3) is 0.111. The Kier molecular flexibility index (Phi) is 3.26. The van der Waals surface area contributed by atoms with Gasteiger partial charge in [-0.05, 0) is 19.1 Å². The van der Waals surface area contributed by atoms with Crippen molar-refractivity contribution in [3.05, 3.63) is 17.7 Å². The maximum atomic E-state index is 10.1. The van der Waals surface area contributed by atoms with Crippen molar-refractivity contribution in [2.45, 2.75) is 6.92 Å². The Hall–Kier alpha value is -1.80. The zero-order valence-electron chi connectivity index (χ0n) is 7.87. The van der Waals surface area contributed by atoms with Crippen molar-refractivity contribution in [2.75, 3.05) is 0 Å². The average molecular weight is 204 g/mol. The van der Waals surface area contributed by atoms with Crippen LogP contribution in [0.4, 0.5) is 11.4 Å². The molecule has 0 unspecified atom stereocenters. The topological polar surface area (TPSA) is 58.9 Å². The predicted molar refractivity (Wildman–Crippen MR) is 56.3 cm³/mol. The van der Waals surface area contributed by atoms with Crippen molar-refractivity contribution in [2.24, 2.45) is 9.98 Å². The van der Waals surface area contributed by atoms with Gasteiger partial charge in [-0.1, -0.05) is 5.19 Å². The summed E-state index contributed by atoms with van der Waals surface area (Å²) in [5.74, 6) is 0. The Morgan fingerprint density at radius 2 is 1.57 bits per heavy atom. The molecule has 1 rings (SSSR count). The smallest absolute Gasteiger partial charge is 0.211 e. The molecule has 14 heavy (non-hydrogen) atoms. The number of aliphatic imine (C=N–C) groups is 2. The molecule has 0 aliphatic heterocycles. The maximum Gasteiger partial charge on any atom is 0.240 e. The van der Waals surface area contributed by atoms with Crippen LogP contribution in [-0.2, 0) is 9.59 Å². The molecule has 0 spiro atoms. The number of nitrogens with zero attached hydrogens (tertiary/aromatic N) is 2. The lowest BCUT2D eigenvalue weighted by Crippen LogP contribution is -2.01. The monoisotopic (exact) mass is 204 g/mol. The van der Waals surface area contributed by atoms with E-state index in [0.29, 0.717) is 16.9 Å². The van der Waals surface area contributed by atoms with Crippen LogP contribution in [0.3, 0.4) is 0 Å². The van der Waals surface area contributed by atoms with Crippen LogP contribution in [0.2, 0.25) is 0 Å². The summed E-state index contributed by atoms with van der Waals surface area (Å²) in [5.41, 5.74) is 1.72. The lowest BCUT2D eigenvalue weighted by Gasteiger charge is -2.03. The van der Waals surface area contributed by atoms with Gasteiger partial charge in [-0.2, -0.15) is 9.98 Å². The summed E-state index contributed by atoms with van der Waals surface area (Å²) in [7, 11) is 0.803. The Bertz CT molecular complexity index is 419. The molecule has 5 heteroatoms. The van der Waals surface area contributed by atoms with Gasteiger partial charge in [0.15, 0.2) is 0 Å². The molecule has 0 aliphatic carbocycles. The predicted octanol–water partition coefficient (Wildman–Crippen LogP) is -0.0797. The molecule has 0 bridgehead atoms. The third-order valence-electron chi connectivity index (χ3n) is 1.83. The molecule has 0 radical (unpaired) electrons. The Labute approximate surface area is 83.8 Å². The van der Waals surface area contributed by atoms with Crippen LogP contribution in [-0.4, -0.2) is 22.4 Å². The SMILES string of the molecule is Cc1c(N=C=O)cc([SiH3])cc1N=C=O. The van der Waals surface area contributed by atoms with E-state index in [4.69, 9.17) is 0 Å². The van der Waals surface area contributed by atoms with E-state index in [1.54, 1.807) is 19.1 Å². The van der Waals surface area contributed by atoms with Crippen LogP contribution < -0.4 is 5.19 Å². The molecule has 0 fully saturated rings. The van der Waals surface area contributed by atoms with Crippen LogP contribution in [0, 0.1) is 6.92 Å². The molecule has 0 atom stereocenters. The molecule has 0 heterocycles. The van der Waals surface area contributed by atoms with E-state index in [0.717, 1.165) is 15.4 Å². The largest absolute Gasteiger partial charge is 0.240 e. The third kappa shape index (κ3) is 2.11. The second-order valence-electron chi connectivity index (χ2n) is 2.83. The van der Waals surface area contributed by atoms with Gasteiger partial charge in [-0.15, -0.1) is 0 Å². The molecule has 70 valence electrons. The number of carbonyl (C=O) groups excluding carboxylic acids is 2. The van der Waals surface area contributed by atoms with E-state index >= 15 is 0 Å². The lowest BCUT2D eigenvalue weighted by atomic mass is 10.1. The van der Waals surface area contributed by atoms with Crippen molar-refractivity contribution >= 4 is 39.0 Å². The molecule has 1 aromatic rings. The van der Waals surface area contributed by atoms with Crippen LogP contribution in [0.5, 0.6) is 0 Å². The summed E-state index contributed by atoms with van der Waals surface area (Å²) < 4.78 is 0. The molecule has 0 saturated carbocycles. The zero-order chi connectivity index (χ0) is 10.6. The number of benzene rings is 1. The van der Waals surface area contributed by atoms with Gasteiger partial charge < -0.3 is 0 Å². The second-order valence-corrected chi connectivity index (χ2v) is 3.99. The highest BCUT2D eigenvalue weighted by Crippen LogP contribution is 2.25. The van der Waals surface area contributed by atoms with Crippen LogP contribution in [0.25, 0.3) is 0 Å². The first kappa shape index (κ1) is 10.3. The molecule has 4 nitrogen and oxygen atoms in total. The highest BCUT2D eigenvalue weighted by Gasteiger charge is 2.03. The van der Waals surface area contributed by atoms with E-state index < -0.39 is 0 Å². The zero-order valence-corrected chi connectivity index (χ0v) is 9.87. The number of hydrogen-bond donors (Lipinski definition) is 0. The molecule has 0 saturated heterocycles. The normalized spacial score (nSPS) is 8.93. The minimum atomic E-state index is 0.515. The van der Waals surface area contributed by atoms with Crippen LogP contribution >= 0.6 is 0 Å². The highest BCUT2D eigenvalue weighted by molar-refractivity contribution is 6.33. The quantitative estimate of drug-likeness (QED) is 0.384. The minimum Gasteiger partial charge on any atom is -0.211 e. The van der Waals surface area contributed by atoms with Crippen molar-refractivity contribution in [3.63, 3.8) is 0 Å². The Morgan fingerprint density at radius 3 is 1.93 bits per heavy atom. The Morgan fingerprint density at radius 1 is 1.14 bits per heavy atom. The first-order valence-electron chi connectivity index (χ1n) is 3.96. The summed E-state index contributed by atoms with van der Waals surface area (Å²) in [6, 6.07) is 3.58. The van der Waals surface area contributed by atoms with Gasteiger partial charge in [0.2, 0.25) is 12.2 Å². The average Bonchev–Trinajstić information content (AvgIpc) is 2.14. The van der Waals surface area contributed by atoms with Crippen molar-refractivity contribution in [1.82, 2.24) is 0 Å². The number of rotatable bonds is 2. The molecule has 1 aromatic carbocycles. The van der Waals surface area contributed by atoms with E-state index in [1.165, 1.54) is 12.2 Å². The third-order valence-corrected chi connectivity index (χ3v) is 2.41. The van der Waals surface area contributed by atoms with Crippen molar-refractivity contribution in [3.8, 4) is 0 Å². The fourth-order valence-corrected chi connectivity index (χ4v) is 1.70. The van der Waals surface area contributed by atoms with Gasteiger partial charge >= 0.3 is 0 Å². The van der Waals surface area contributed by atoms with Gasteiger partial charge in [0.25, 0.3) is 0 Å². The van der Waals surface area contributed by atoms with Gasteiger partial charge in [0.1, 0.15) is 0 Å². The minimum absolute atomic E-state index is 0.515. The summed E-state index contributed by atoms with van der Waals surface area (Å²) in [6.45, 7) is 1.74. The molecular weight excluding hydrogens is 196 g/mol. The molecule has 0 aliphatic rings.